The molecule has 2 N–H and O–H groups in total. The van der Waals surface area contributed by atoms with Crippen LogP contribution in [-0.4, -0.2) is 25.0 Å². The van der Waals surface area contributed by atoms with Gasteiger partial charge in [0, 0.05) is 19.1 Å². The summed E-state index contributed by atoms with van der Waals surface area (Å²) in [5, 5.41) is 6.43. The second kappa shape index (κ2) is 8.78. The van der Waals surface area contributed by atoms with Gasteiger partial charge in [0.2, 0.25) is 5.91 Å². The summed E-state index contributed by atoms with van der Waals surface area (Å²) in [6, 6.07) is 6.69. The maximum absolute atomic E-state index is 12.8. The molecule has 1 aliphatic rings. The molecule has 1 amide bonds. The van der Waals surface area contributed by atoms with E-state index in [9.17, 15) is 9.18 Å². The predicted octanol–water partition coefficient (Wildman–Crippen LogP) is 2.80. The first-order chi connectivity index (χ1) is 10.2. The molecule has 4 heteroatoms. The summed E-state index contributed by atoms with van der Waals surface area (Å²) in [5.74, 6) is -0.281. The lowest BCUT2D eigenvalue weighted by Crippen LogP contribution is -2.37. The van der Waals surface area contributed by atoms with Crippen molar-refractivity contribution in [1.82, 2.24) is 10.6 Å². The largest absolute Gasteiger partial charge is 0.355 e. The minimum atomic E-state index is -0.272. The number of carbonyl (C=O) groups excluding carboxylic acids is 1. The van der Waals surface area contributed by atoms with Gasteiger partial charge in [0.15, 0.2) is 0 Å². The molecule has 1 aliphatic carbocycles. The van der Waals surface area contributed by atoms with E-state index in [1.165, 1.54) is 50.7 Å². The first-order valence-electron chi connectivity index (χ1n) is 7.98. The Labute approximate surface area is 126 Å². The molecule has 0 aromatic heterocycles. The molecule has 0 aliphatic heterocycles. The third kappa shape index (κ3) is 6.25. The van der Waals surface area contributed by atoms with E-state index in [-0.39, 0.29) is 11.7 Å². The molecule has 0 atom stereocenters. The van der Waals surface area contributed by atoms with Crippen molar-refractivity contribution in [2.75, 3.05) is 13.1 Å². The highest BCUT2D eigenvalue weighted by Crippen LogP contribution is 2.16. The van der Waals surface area contributed by atoms with Crippen molar-refractivity contribution < 1.29 is 9.18 Å². The number of nitrogens with one attached hydrogen (secondary N) is 2. The Hall–Kier alpha value is -1.42. The summed E-state index contributed by atoms with van der Waals surface area (Å²) >= 11 is 0. The van der Waals surface area contributed by atoms with Gasteiger partial charge in [0.25, 0.3) is 0 Å². The molecule has 1 fully saturated rings. The van der Waals surface area contributed by atoms with Crippen molar-refractivity contribution in [3.8, 4) is 0 Å². The molecule has 116 valence electrons. The van der Waals surface area contributed by atoms with E-state index in [1.807, 2.05) is 0 Å². The van der Waals surface area contributed by atoms with E-state index in [4.69, 9.17) is 0 Å². The third-order valence-corrected chi connectivity index (χ3v) is 4.01. The zero-order valence-electron chi connectivity index (χ0n) is 12.5. The SMILES string of the molecule is O=C(Cc1ccc(F)cc1)NCCNC1CCCCCC1. The first-order valence-corrected chi connectivity index (χ1v) is 7.98. The smallest absolute Gasteiger partial charge is 0.224 e. The number of benzene rings is 1. The first kappa shape index (κ1) is 16.0. The van der Waals surface area contributed by atoms with Gasteiger partial charge in [-0.25, -0.2) is 4.39 Å². The van der Waals surface area contributed by atoms with Crippen LogP contribution in [-0.2, 0) is 11.2 Å². The van der Waals surface area contributed by atoms with Gasteiger partial charge >= 0.3 is 0 Å². The summed E-state index contributed by atoms with van der Waals surface area (Å²) in [6.45, 7) is 1.47. The predicted molar refractivity (Wildman–Crippen MR) is 82.6 cm³/mol. The fourth-order valence-corrected chi connectivity index (χ4v) is 2.81. The van der Waals surface area contributed by atoms with Gasteiger partial charge in [-0.05, 0) is 30.5 Å². The molecule has 0 radical (unpaired) electrons. The van der Waals surface area contributed by atoms with Crippen molar-refractivity contribution in [3.63, 3.8) is 0 Å². The fraction of sp³-hybridized carbons (Fsp3) is 0.588. The van der Waals surface area contributed by atoms with Crippen LogP contribution in [0, 0.1) is 5.82 Å². The van der Waals surface area contributed by atoms with Crippen LogP contribution in [0.15, 0.2) is 24.3 Å². The van der Waals surface area contributed by atoms with E-state index in [0.717, 1.165) is 12.1 Å². The molecule has 1 aromatic rings. The Morgan fingerprint density at radius 3 is 2.38 bits per heavy atom. The normalized spacial score (nSPS) is 16.4. The standard InChI is InChI=1S/C17H25FN2O/c18-15-9-7-14(8-10-15)13-17(21)20-12-11-19-16-5-3-1-2-4-6-16/h7-10,16,19H,1-6,11-13H2,(H,20,21). The highest BCUT2D eigenvalue weighted by atomic mass is 19.1. The summed E-state index contributed by atoms with van der Waals surface area (Å²) in [6.07, 6.45) is 8.15. The van der Waals surface area contributed by atoms with E-state index in [1.54, 1.807) is 12.1 Å². The topological polar surface area (TPSA) is 41.1 Å². The number of amides is 1. The van der Waals surface area contributed by atoms with Crippen LogP contribution in [0.3, 0.4) is 0 Å². The lowest BCUT2D eigenvalue weighted by atomic mass is 10.1. The highest BCUT2D eigenvalue weighted by molar-refractivity contribution is 5.78. The molecular formula is C17H25FN2O. The molecule has 0 bridgehead atoms. The lowest BCUT2D eigenvalue weighted by Gasteiger charge is -2.16. The van der Waals surface area contributed by atoms with Crippen molar-refractivity contribution in [3.05, 3.63) is 35.6 Å². The Bertz CT molecular complexity index is 425. The van der Waals surface area contributed by atoms with Gasteiger partial charge in [-0.2, -0.15) is 0 Å². The van der Waals surface area contributed by atoms with Gasteiger partial charge in [-0.3, -0.25) is 4.79 Å². The van der Waals surface area contributed by atoms with Crippen LogP contribution in [0.25, 0.3) is 0 Å². The molecule has 1 saturated carbocycles. The van der Waals surface area contributed by atoms with E-state index >= 15 is 0 Å². The van der Waals surface area contributed by atoms with Gasteiger partial charge in [0.1, 0.15) is 5.82 Å². The Balaban J connectivity index is 1.59. The molecule has 21 heavy (non-hydrogen) atoms. The zero-order chi connectivity index (χ0) is 14.9. The Kier molecular flexibility index (Phi) is 6.67. The lowest BCUT2D eigenvalue weighted by molar-refractivity contribution is -0.120. The van der Waals surface area contributed by atoms with Crippen molar-refractivity contribution in [2.24, 2.45) is 0 Å². The van der Waals surface area contributed by atoms with Crippen LogP contribution < -0.4 is 10.6 Å². The van der Waals surface area contributed by atoms with Crippen LogP contribution in [0.4, 0.5) is 4.39 Å². The number of rotatable bonds is 6. The van der Waals surface area contributed by atoms with Crippen LogP contribution in [0.1, 0.15) is 44.1 Å². The highest BCUT2D eigenvalue weighted by Gasteiger charge is 2.11. The van der Waals surface area contributed by atoms with Crippen molar-refractivity contribution in [2.45, 2.75) is 51.0 Å². The average molecular weight is 292 g/mol. The Morgan fingerprint density at radius 1 is 1.05 bits per heavy atom. The van der Waals surface area contributed by atoms with E-state index in [2.05, 4.69) is 10.6 Å². The molecule has 1 aromatic carbocycles. The Morgan fingerprint density at radius 2 is 1.71 bits per heavy atom. The molecule has 0 saturated heterocycles. The van der Waals surface area contributed by atoms with Gasteiger partial charge in [-0.15, -0.1) is 0 Å². The molecule has 3 nitrogen and oxygen atoms in total. The molecule has 0 spiro atoms. The number of hydrogen-bond donors (Lipinski definition) is 2. The van der Waals surface area contributed by atoms with Gasteiger partial charge in [-0.1, -0.05) is 37.8 Å². The molecule has 2 rings (SSSR count). The molecular weight excluding hydrogens is 267 g/mol. The average Bonchev–Trinajstić information content (AvgIpc) is 2.75. The van der Waals surface area contributed by atoms with Crippen LogP contribution in [0.5, 0.6) is 0 Å². The second-order valence-corrected chi connectivity index (χ2v) is 5.80. The summed E-state index contributed by atoms with van der Waals surface area (Å²) in [5.41, 5.74) is 0.839. The minimum Gasteiger partial charge on any atom is -0.355 e. The maximum Gasteiger partial charge on any atom is 0.224 e. The van der Waals surface area contributed by atoms with Gasteiger partial charge < -0.3 is 10.6 Å². The van der Waals surface area contributed by atoms with Crippen molar-refractivity contribution in [1.29, 1.82) is 0 Å². The number of hydrogen-bond acceptors (Lipinski definition) is 2. The van der Waals surface area contributed by atoms with E-state index < -0.39 is 0 Å². The fourth-order valence-electron chi connectivity index (χ4n) is 2.81. The monoisotopic (exact) mass is 292 g/mol. The molecule has 0 heterocycles. The summed E-state index contributed by atoms with van der Waals surface area (Å²) in [4.78, 5) is 11.8. The minimum absolute atomic E-state index is 0.00993. The van der Waals surface area contributed by atoms with Crippen LogP contribution >= 0.6 is 0 Å². The number of halogens is 1. The van der Waals surface area contributed by atoms with Gasteiger partial charge in [0.05, 0.1) is 6.42 Å². The summed E-state index contributed by atoms with van der Waals surface area (Å²) in [7, 11) is 0. The van der Waals surface area contributed by atoms with Crippen molar-refractivity contribution >= 4 is 5.91 Å². The number of carbonyl (C=O) groups is 1. The maximum atomic E-state index is 12.8. The summed E-state index contributed by atoms with van der Waals surface area (Å²) < 4.78 is 12.8. The van der Waals surface area contributed by atoms with E-state index in [0.29, 0.717) is 19.0 Å². The quantitative estimate of drug-likeness (QED) is 0.625. The molecule has 0 unspecified atom stereocenters. The second-order valence-electron chi connectivity index (χ2n) is 5.80. The zero-order valence-corrected chi connectivity index (χ0v) is 12.5. The van der Waals surface area contributed by atoms with Crippen LogP contribution in [0.2, 0.25) is 0 Å². The third-order valence-electron chi connectivity index (χ3n) is 4.01.